The Morgan fingerprint density at radius 3 is 2.83 bits per heavy atom. The van der Waals surface area contributed by atoms with Gasteiger partial charge in [-0.2, -0.15) is 4.31 Å². The summed E-state index contributed by atoms with van der Waals surface area (Å²) in [5.74, 6) is 0.416. The molecule has 1 saturated heterocycles. The van der Waals surface area contributed by atoms with Crippen molar-refractivity contribution in [3.05, 3.63) is 57.9 Å². The van der Waals surface area contributed by atoms with Crippen molar-refractivity contribution in [1.82, 2.24) is 14.6 Å². The normalized spacial score (nSPS) is 17.3. The third kappa shape index (κ3) is 4.33. The SMILES string of the molecule is Cc1ccc(S(=O)(=O)N2CSC[C@@H]2C(=O)NCc2csc(-c3cccs3)n2)c(C)c1. The number of benzene rings is 1. The number of nitrogens with zero attached hydrogens (tertiary/aromatic N) is 2. The van der Waals surface area contributed by atoms with E-state index in [-0.39, 0.29) is 23.2 Å². The Labute approximate surface area is 188 Å². The lowest BCUT2D eigenvalue weighted by Gasteiger charge is -2.23. The van der Waals surface area contributed by atoms with Crippen molar-refractivity contribution in [2.45, 2.75) is 31.3 Å². The van der Waals surface area contributed by atoms with Gasteiger partial charge in [-0.1, -0.05) is 23.8 Å². The molecule has 10 heteroatoms. The van der Waals surface area contributed by atoms with Crippen LogP contribution in [0.1, 0.15) is 16.8 Å². The van der Waals surface area contributed by atoms with Crippen molar-refractivity contribution >= 4 is 50.4 Å². The van der Waals surface area contributed by atoms with Crippen LogP contribution >= 0.6 is 34.4 Å². The number of hydrogen-bond acceptors (Lipinski definition) is 7. The van der Waals surface area contributed by atoms with Crippen LogP contribution in [0.3, 0.4) is 0 Å². The first-order chi connectivity index (χ1) is 14.4. The van der Waals surface area contributed by atoms with Gasteiger partial charge in [-0.15, -0.1) is 34.4 Å². The van der Waals surface area contributed by atoms with Crippen molar-refractivity contribution < 1.29 is 13.2 Å². The van der Waals surface area contributed by atoms with Gasteiger partial charge in [0.05, 0.1) is 27.9 Å². The lowest BCUT2D eigenvalue weighted by Crippen LogP contribution is -2.47. The zero-order valence-electron chi connectivity index (χ0n) is 16.5. The van der Waals surface area contributed by atoms with Crippen molar-refractivity contribution in [3.8, 4) is 9.88 Å². The number of thiazole rings is 1. The minimum Gasteiger partial charge on any atom is -0.349 e. The molecule has 30 heavy (non-hydrogen) atoms. The molecule has 6 nitrogen and oxygen atoms in total. The molecule has 158 valence electrons. The van der Waals surface area contributed by atoms with Crippen LogP contribution in [0.5, 0.6) is 0 Å². The van der Waals surface area contributed by atoms with E-state index in [0.29, 0.717) is 11.3 Å². The van der Waals surface area contributed by atoms with Gasteiger partial charge in [-0.05, 0) is 36.9 Å². The molecule has 1 aromatic carbocycles. The number of carbonyl (C=O) groups is 1. The van der Waals surface area contributed by atoms with Gasteiger partial charge in [0.15, 0.2) is 0 Å². The molecular weight excluding hydrogens is 459 g/mol. The van der Waals surface area contributed by atoms with E-state index in [1.54, 1.807) is 30.4 Å². The Kier molecular flexibility index (Phi) is 6.31. The molecule has 3 heterocycles. The fourth-order valence-corrected chi connectivity index (χ4v) is 8.27. The third-order valence-electron chi connectivity index (χ3n) is 4.79. The molecule has 1 amide bonds. The molecule has 1 fully saturated rings. The number of nitrogens with one attached hydrogen (secondary N) is 1. The van der Waals surface area contributed by atoms with Crippen LogP contribution < -0.4 is 5.32 Å². The molecule has 0 radical (unpaired) electrons. The van der Waals surface area contributed by atoms with Crippen LogP contribution in [0, 0.1) is 13.8 Å². The number of thioether (sulfide) groups is 1. The summed E-state index contributed by atoms with van der Waals surface area (Å²) in [5, 5.41) is 7.71. The van der Waals surface area contributed by atoms with Crippen LogP contribution in [0.25, 0.3) is 9.88 Å². The summed E-state index contributed by atoms with van der Waals surface area (Å²) in [7, 11) is -3.75. The first kappa shape index (κ1) is 21.5. The van der Waals surface area contributed by atoms with Gasteiger partial charge in [-0.3, -0.25) is 4.79 Å². The van der Waals surface area contributed by atoms with Crippen molar-refractivity contribution in [3.63, 3.8) is 0 Å². The standard InChI is InChI=1S/C20H21N3O3S4/c1-13-5-6-18(14(2)8-13)30(25,26)23-12-27-11-16(23)19(24)21-9-15-10-29-20(22-15)17-4-3-7-28-17/h3-8,10,16H,9,11-12H2,1-2H3,(H,21,24)/t16-/m1/s1. The molecule has 3 aromatic rings. The molecule has 0 aliphatic carbocycles. The number of sulfonamides is 1. The average molecular weight is 480 g/mol. The van der Waals surface area contributed by atoms with Gasteiger partial charge in [0, 0.05) is 11.1 Å². The Morgan fingerprint density at radius 2 is 2.10 bits per heavy atom. The first-order valence-electron chi connectivity index (χ1n) is 9.29. The van der Waals surface area contributed by atoms with Gasteiger partial charge in [0.1, 0.15) is 11.0 Å². The number of aromatic nitrogens is 1. The van der Waals surface area contributed by atoms with E-state index in [0.717, 1.165) is 21.1 Å². The molecule has 1 aliphatic rings. The Bertz CT molecular complexity index is 1160. The number of carbonyl (C=O) groups excluding carboxylic acids is 1. The molecule has 0 saturated carbocycles. The zero-order valence-corrected chi connectivity index (χ0v) is 19.8. The second kappa shape index (κ2) is 8.80. The largest absolute Gasteiger partial charge is 0.349 e. The smallest absolute Gasteiger partial charge is 0.244 e. The van der Waals surface area contributed by atoms with Crippen LogP contribution in [0.4, 0.5) is 0 Å². The van der Waals surface area contributed by atoms with Gasteiger partial charge < -0.3 is 5.32 Å². The number of rotatable bonds is 6. The van der Waals surface area contributed by atoms with Crippen LogP contribution in [0.15, 0.2) is 46.0 Å². The maximum Gasteiger partial charge on any atom is 0.244 e. The summed E-state index contributed by atoms with van der Waals surface area (Å²) in [6.45, 7) is 3.98. The van der Waals surface area contributed by atoms with Crippen molar-refractivity contribution in [1.29, 1.82) is 0 Å². The summed E-state index contributed by atoms with van der Waals surface area (Å²) in [6.07, 6.45) is 0. The molecule has 1 aliphatic heterocycles. The van der Waals surface area contributed by atoms with E-state index in [4.69, 9.17) is 0 Å². The van der Waals surface area contributed by atoms with E-state index in [9.17, 15) is 13.2 Å². The number of amides is 1. The van der Waals surface area contributed by atoms with Gasteiger partial charge >= 0.3 is 0 Å². The molecule has 1 atom stereocenters. The Morgan fingerprint density at radius 1 is 1.27 bits per heavy atom. The predicted molar refractivity (Wildman–Crippen MR) is 123 cm³/mol. The quantitative estimate of drug-likeness (QED) is 0.581. The lowest BCUT2D eigenvalue weighted by atomic mass is 10.2. The number of hydrogen-bond donors (Lipinski definition) is 1. The summed E-state index contributed by atoms with van der Waals surface area (Å²) in [5.41, 5.74) is 2.46. The maximum absolute atomic E-state index is 13.2. The average Bonchev–Trinajstić information content (AvgIpc) is 3.47. The first-order valence-corrected chi connectivity index (χ1v) is 13.6. The molecule has 1 N–H and O–H groups in total. The lowest BCUT2D eigenvalue weighted by molar-refractivity contribution is -0.124. The van der Waals surface area contributed by atoms with Gasteiger partial charge in [-0.25, -0.2) is 13.4 Å². The molecule has 4 rings (SSSR count). The Hall–Kier alpha value is -1.72. The molecule has 0 spiro atoms. The van der Waals surface area contributed by atoms with E-state index in [2.05, 4.69) is 10.3 Å². The van der Waals surface area contributed by atoms with Gasteiger partial charge in [0.25, 0.3) is 0 Å². The second-order valence-corrected chi connectivity index (χ2v) is 11.7. The molecular formula is C20H21N3O3S4. The highest BCUT2D eigenvalue weighted by Gasteiger charge is 2.40. The number of thiophene rings is 1. The topological polar surface area (TPSA) is 79.4 Å². The summed E-state index contributed by atoms with van der Waals surface area (Å²) < 4.78 is 27.7. The van der Waals surface area contributed by atoms with Crippen LogP contribution in [-0.4, -0.2) is 41.3 Å². The second-order valence-electron chi connectivity index (χ2n) is 7.02. The summed E-state index contributed by atoms with van der Waals surface area (Å²) in [6, 6.07) is 8.52. The zero-order chi connectivity index (χ0) is 21.3. The fourth-order valence-electron chi connectivity index (χ4n) is 3.28. The monoisotopic (exact) mass is 479 g/mol. The van der Waals surface area contributed by atoms with E-state index in [1.807, 2.05) is 35.9 Å². The van der Waals surface area contributed by atoms with Crippen LogP contribution in [-0.2, 0) is 21.4 Å². The molecule has 2 aromatic heterocycles. The summed E-state index contributed by atoms with van der Waals surface area (Å²) in [4.78, 5) is 18.7. The van der Waals surface area contributed by atoms with E-state index >= 15 is 0 Å². The minimum absolute atomic E-state index is 0.258. The Balaban J connectivity index is 1.46. The fraction of sp³-hybridized carbons (Fsp3) is 0.300. The van der Waals surface area contributed by atoms with Gasteiger partial charge in [0.2, 0.25) is 15.9 Å². The molecule has 0 unspecified atom stereocenters. The van der Waals surface area contributed by atoms with E-state index < -0.39 is 16.1 Å². The highest BCUT2D eigenvalue weighted by Crippen LogP contribution is 2.31. The maximum atomic E-state index is 13.2. The third-order valence-corrected chi connectivity index (χ3v) is 9.91. The highest BCUT2D eigenvalue weighted by molar-refractivity contribution is 8.00. The van der Waals surface area contributed by atoms with Crippen LogP contribution in [0.2, 0.25) is 0 Å². The minimum atomic E-state index is -3.75. The number of aryl methyl sites for hydroxylation is 2. The summed E-state index contributed by atoms with van der Waals surface area (Å²) >= 11 is 4.60. The predicted octanol–water partition coefficient (Wildman–Crippen LogP) is 3.87. The van der Waals surface area contributed by atoms with Crippen molar-refractivity contribution in [2.24, 2.45) is 0 Å². The highest BCUT2D eigenvalue weighted by atomic mass is 32.2. The van der Waals surface area contributed by atoms with E-state index in [1.165, 1.54) is 27.4 Å². The molecule has 0 bridgehead atoms. The van der Waals surface area contributed by atoms with Crippen molar-refractivity contribution in [2.75, 3.05) is 11.6 Å².